The van der Waals surface area contributed by atoms with Gasteiger partial charge in [-0.05, 0) is 29.8 Å². The summed E-state index contributed by atoms with van der Waals surface area (Å²) in [6, 6.07) is 12.6. The van der Waals surface area contributed by atoms with Crippen molar-refractivity contribution in [1.29, 1.82) is 0 Å². The predicted octanol–water partition coefficient (Wildman–Crippen LogP) is 3.10. The van der Waals surface area contributed by atoms with Gasteiger partial charge in [-0.2, -0.15) is 0 Å². The van der Waals surface area contributed by atoms with Crippen LogP contribution >= 0.6 is 0 Å². The van der Waals surface area contributed by atoms with E-state index < -0.39 is 0 Å². The van der Waals surface area contributed by atoms with Crippen molar-refractivity contribution in [2.24, 2.45) is 0 Å². The maximum absolute atomic E-state index is 10.7. The molecule has 0 aliphatic rings. The highest BCUT2D eigenvalue weighted by Crippen LogP contribution is 2.28. The van der Waals surface area contributed by atoms with Gasteiger partial charge in [0.25, 0.3) is 0 Å². The third-order valence-electron chi connectivity index (χ3n) is 2.85. The molecule has 0 aliphatic carbocycles. The summed E-state index contributed by atoms with van der Waals surface area (Å²) in [6.45, 7) is 0.392. The van der Waals surface area contributed by atoms with Crippen molar-refractivity contribution < 1.29 is 19.0 Å². The van der Waals surface area contributed by atoms with Gasteiger partial charge < -0.3 is 14.2 Å². The molecule has 0 aromatic heterocycles. The Morgan fingerprint density at radius 3 is 2.50 bits per heavy atom. The van der Waals surface area contributed by atoms with Crippen LogP contribution in [0.3, 0.4) is 0 Å². The Hall–Kier alpha value is -2.49. The number of rotatable bonds is 6. The van der Waals surface area contributed by atoms with E-state index in [1.54, 1.807) is 32.4 Å². The zero-order valence-electron chi connectivity index (χ0n) is 11.5. The molecule has 4 heteroatoms. The Labute approximate surface area is 117 Å². The third kappa shape index (κ3) is 3.29. The summed E-state index contributed by atoms with van der Waals surface area (Å²) in [6.07, 6.45) is 0.795. The number of carbonyl (C=O) groups excluding carboxylic acids is 1. The molecule has 0 heterocycles. The smallest absolute Gasteiger partial charge is 0.161 e. The molecule has 2 rings (SSSR count). The molecule has 0 aliphatic heterocycles. The maximum Gasteiger partial charge on any atom is 0.161 e. The Balaban J connectivity index is 2.08. The summed E-state index contributed by atoms with van der Waals surface area (Å²) in [5.41, 5.74) is 1.55. The van der Waals surface area contributed by atoms with E-state index in [-0.39, 0.29) is 0 Å². The fourth-order valence-corrected chi connectivity index (χ4v) is 1.81. The normalized spacial score (nSPS) is 9.90. The van der Waals surface area contributed by atoms with E-state index >= 15 is 0 Å². The molecule has 0 radical (unpaired) electrons. The Morgan fingerprint density at radius 2 is 1.80 bits per heavy atom. The van der Waals surface area contributed by atoms with Gasteiger partial charge in [-0.25, -0.2) is 0 Å². The van der Waals surface area contributed by atoms with E-state index in [9.17, 15) is 4.79 Å². The molecule has 20 heavy (non-hydrogen) atoms. The first-order valence-corrected chi connectivity index (χ1v) is 6.15. The lowest BCUT2D eigenvalue weighted by Crippen LogP contribution is -1.98. The van der Waals surface area contributed by atoms with Gasteiger partial charge in [0.15, 0.2) is 11.5 Å². The monoisotopic (exact) mass is 272 g/mol. The lowest BCUT2D eigenvalue weighted by molar-refractivity contribution is 0.112. The summed E-state index contributed by atoms with van der Waals surface area (Å²) in [5.74, 6) is 2.00. The van der Waals surface area contributed by atoms with Crippen LogP contribution in [0.15, 0.2) is 42.5 Å². The van der Waals surface area contributed by atoms with Crippen LogP contribution in [0.1, 0.15) is 15.9 Å². The molecule has 0 unspecified atom stereocenters. The molecule has 4 nitrogen and oxygen atoms in total. The van der Waals surface area contributed by atoms with Gasteiger partial charge in [-0.1, -0.05) is 18.2 Å². The average Bonchev–Trinajstić information content (AvgIpc) is 2.52. The minimum Gasteiger partial charge on any atom is -0.493 e. The van der Waals surface area contributed by atoms with Crippen LogP contribution in [-0.4, -0.2) is 20.5 Å². The lowest BCUT2D eigenvalue weighted by atomic mass is 10.2. The van der Waals surface area contributed by atoms with Crippen molar-refractivity contribution in [2.75, 3.05) is 14.2 Å². The first-order valence-electron chi connectivity index (χ1n) is 6.15. The highest BCUT2D eigenvalue weighted by atomic mass is 16.5. The van der Waals surface area contributed by atoms with E-state index in [4.69, 9.17) is 14.2 Å². The first-order chi connectivity index (χ1) is 9.76. The number of aldehydes is 1. The van der Waals surface area contributed by atoms with Crippen molar-refractivity contribution in [3.63, 3.8) is 0 Å². The Morgan fingerprint density at radius 1 is 1.00 bits per heavy atom. The fraction of sp³-hybridized carbons (Fsp3) is 0.188. The van der Waals surface area contributed by atoms with E-state index in [0.29, 0.717) is 29.4 Å². The topological polar surface area (TPSA) is 44.8 Å². The van der Waals surface area contributed by atoms with Gasteiger partial charge in [0.2, 0.25) is 0 Å². The van der Waals surface area contributed by atoms with Gasteiger partial charge >= 0.3 is 0 Å². The molecule has 0 fully saturated rings. The number of hydrogen-bond acceptors (Lipinski definition) is 4. The molecular weight excluding hydrogens is 256 g/mol. The van der Waals surface area contributed by atoms with Gasteiger partial charge in [0, 0.05) is 5.56 Å². The van der Waals surface area contributed by atoms with Crippen LogP contribution in [0, 0.1) is 0 Å². The van der Waals surface area contributed by atoms with E-state index in [1.165, 1.54) is 0 Å². The second-order valence-electron chi connectivity index (χ2n) is 4.17. The van der Waals surface area contributed by atoms with Crippen LogP contribution in [0.4, 0.5) is 0 Å². The molecule has 0 saturated heterocycles. The number of benzene rings is 2. The molecule has 0 amide bonds. The molecule has 104 valence electrons. The number of hydrogen-bond donors (Lipinski definition) is 0. The molecule has 2 aromatic rings. The highest BCUT2D eigenvalue weighted by Gasteiger charge is 2.05. The zero-order chi connectivity index (χ0) is 14.4. The summed E-state index contributed by atoms with van der Waals surface area (Å²) in [7, 11) is 3.19. The van der Waals surface area contributed by atoms with Gasteiger partial charge in [-0.3, -0.25) is 4.79 Å². The van der Waals surface area contributed by atoms with Gasteiger partial charge in [0.1, 0.15) is 18.6 Å². The van der Waals surface area contributed by atoms with Gasteiger partial charge in [-0.15, -0.1) is 0 Å². The molecule has 0 N–H and O–H groups in total. The Kier molecular flexibility index (Phi) is 4.60. The van der Waals surface area contributed by atoms with Crippen molar-refractivity contribution in [3.8, 4) is 17.2 Å². The first kappa shape index (κ1) is 13.9. The van der Waals surface area contributed by atoms with Crippen LogP contribution in [0.2, 0.25) is 0 Å². The second-order valence-corrected chi connectivity index (χ2v) is 4.17. The predicted molar refractivity (Wildman–Crippen MR) is 75.7 cm³/mol. The molecule has 0 atom stereocenters. The Bertz CT molecular complexity index is 593. The molecular formula is C16H16O4. The number of methoxy groups -OCH3 is 2. The summed E-state index contributed by atoms with van der Waals surface area (Å²) in [4.78, 5) is 10.7. The quantitative estimate of drug-likeness (QED) is 0.758. The largest absolute Gasteiger partial charge is 0.493 e. The van der Waals surface area contributed by atoms with Crippen molar-refractivity contribution in [3.05, 3.63) is 53.6 Å². The summed E-state index contributed by atoms with van der Waals surface area (Å²) in [5, 5.41) is 0. The lowest BCUT2D eigenvalue weighted by Gasteiger charge is -2.10. The van der Waals surface area contributed by atoms with Crippen LogP contribution in [-0.2, 0) is 6.61 Å². The van der Waals surface area contributed by atoms with E-state index in [0.717, 1.165) is 11.8 Å². The molecule has 0 spiro atoms. The van der Waals surface area contributed by atoms with Crippen LogP contribution in [0.25, 0.3) is 0 Å². The van der Waals surface area contributed by atoms with E-state index in [2.05, 4.69) is 0 Å². The SMILES string of the molecule is COc1ccc(COc2cccc(C=O)c2)cc1OC. The van der Waals surface area contributed by atoms with E-state index in [1.807, 2.05) is 24.3 Å². The fourth-order valence-electron chi connectivity index (χ4n) is 1.81. The van der Waals surface area contributed by atoms with Crippen LogP contribution in [0.5, 0.6) is 17.2 Å². The molecule has 2 aromatic carbocycles. The highest BCUT2D eigenvalue weighted by molar-refractivity contribution is 5.75. The van der Waals surface area contributed by atoms with Gasteiger partial charge in [0.05, 0.1) is 14.2 Å². The standard InChI is InChI=1S/C16H16O4/c1-18-15-7-6-13(9-16(15)19-2)11-20-14-5-3-4-12(8-14)10-17/h3-10H,11H2,1-2H3. The zero-order valence-corrected chi connectivity index (χ0v) is 11.5. The summed E-state index contributed by atoms with van der Waals surface area (Å²) >= 11 is 0. The summed E-state index contributed by atoms with van der Waals surface area (Å²) < 4.78 is 16.1. The third-order valence-corrected chi connectivity index (χ3v) is 2.85. The second kappa shape index (κ2) is 6.61. The number of carbonyl (C=O) groups is 1. The molecule has 0 saturated carbocycles. The number of ether oxygens (including phenoxy) is 3. The minimum atomic E-state index is 0.392. The van der Waals surface area contributed by atoms with Crippen LogP contribution < -0.4 is 14.2 Å². The maximum atomic E-state index is 10.7. The van der Waals surface area contributed by atoms with Crippen molar-refractivity contribution in [2.45, 2.75) is 6.61 Å². The van der Waals surface area contributed by atoms with Crippen molar-refractivity contribution in [1.82, 2.24) is 0 Å². The minimum absolute atomic E-state index is 0.392. The van der Waals surface area contributed by atoms with Crippen molar-refractivity contribution >= 4 is 6.29 Å². The molecule has 0 bridgehead atoms. The average molecular weight is 272 g/mol.